The molecule has 8 heteroatoms. The number of hydrogen-bond donors (Lipinski definition) is 4. The first-order chi connectivity index (χ1) is 18.0. The number of para-hydroxylation sites is 1. The molecule has 2 aromatic heterocycles. The van der Waals surface area contributed by atoms with E-state index >= 15 is 0 Å². The molecule has 0 fully saturated rings. The third-order valence-electron chi connectivity index (χ3n) is 7.08. The van der Waals surface area contributed by atoms with Gasteiger partial charge in [-0.2, -0.15) is 0 Å². The predicted octanol–water partition coefficient (Wildman–Crippen LogP) is 4.11. The molecule has 8 nitrogen and oxygen atoms in total. The monoisotopic (exact) mass is 504 g/mol. The SMILES string of the molecule is CCc1c(C(=O)NC(CCNC(=O)CCCCc2ccc3c(n2)CCCC3)C(=O)O)[nH]c2ccccc12. The molecule has 37 heavy (non-hydrogen) atoms. The van der Waals surface area contributed by atoms with Crippen LogP contribution in [0.4, 0.5) is 0 Å². The molecule has 196 valence electrons. The van der Waals surface area contributed by atoms with E-state index in [0.29, 0.717) is 18.5 Å². The van der Waals surface area contributed by atoms with Gasteiger partial charge in [0.1, 0.15) is 11.7 Å². The predicted molar refractivity (Wildman–Crippen MR) is 143 cm³/mol. The maximum absolute atomic E-state index is 12.9. The van der Waals surface area contributed by atoms with Crippen molar-refractivity contribution < 1.29 is 19.5 Å². The fourth-order valence-electron chi connectivity index (χ4n) is 5.05. The minimum absolute atomic E-state index is 0.105. The molecule has 2 heterocycles. The van der Waals surface area contributed by atoms with Gasteiger partial charge in [-0.25, -0.2) is 4.79 Å². The van der Waals surface area contributed by atoms with Crippen molar-refractivity contribution in [2.24, 2.45) is 0 Å². The quantitative estimate of drug-likeness (QED) is 0.276. The lowest BCUT2D eigenvalue weighted by Gasteiger charge is -2.15. The third kappa shape index (κ3) is 6.76. The molecule has 0 saturated carbocycles. The molecular weight excluding hydrogens is 468 g/mol. The Morgan fingerprint density at radius 1 is 1.08 bits per heavy atom. The highest BCUT2D eigenvalue weighted by atomic mass is 16.4. The number of carbonyl (C=O) groups excluding carboxylic acids is 2. The molecule has 0 spiro atoms. The molecule has 0 bridgehead atoms. The summed E-state index contributed by atoms with van der Waals surface area (Å²) in [5.74, 6) is -1.70. The van der Waals surface area contributed by atoms with E-state index in [1.807, 2.05) is 31.2 Å². The molecular formula is C29H36N4O4. The zero-order valence-electron chi connectivity index (χ0n) is 21.4. The number of H-pyrrole nitrogens is 1. The van der Waals surface area contributed by atoms with Crippen molar-refractivity contribution >= 4 is 28.7 Å². The number of nitrogens with zero attached hydrogens (tertiary/aromatic N) is 1. The highest BCUT2D eigenvalue weighted by molar-refractivity contribution is 6.02. The maximum Gasteiger partial charge on any atom is 0.326 e. The normalized spacial score (nSPS) is 13.6. The number of carboxylic acids is 1. The topological polar surface area (TPSA) is 124 Å². The Morgan fingerprint density at radius 3 is 2.70 bits per heavy atom. The Labute approximate surface area is 217 Å². The summed E-state index contributed by atoms with van der Waals surface area (Å²) >= 11 is 0. The summed E-state index contributed by atoms with van der Waals surface area (Å²) in [5.41, 5.74) is 5.77. The van der Waals surface area contributed by atoms with Gasteiger partial charge in [0, 0.05) is 35.3 Å². The van der Waals surface area contributed by atoms with Crippen LogP contribution in [0.1, 0.15) is 78.5 Å². The smallest absolute Gasteiger partial charge is 0.326 e. The Balaban J connectivity index is 1.20. The number of benzene rings is 1. The van der Waals surface area contributed by atoms with Crippen LogP contribution in [0.25, 0.3) is 10.9 Å². The average molecular weight is 505 g/mol. The molecule has 0 radical (unpaired) electrons. The van der Waals surface area contributed by atoms with Gasteiger partial charge in [-0.05, 0) is 81.0 Å². The Kier molecular flexibility index (Phi) is 8.93. The lowest BCUT2D eigenvalue weighted by Crippen LogP contribution is -2.43. The first-order valence-electron chi connectivity index (χ1n) is 13.3. The summed E-state index contributed by atoms with van der Waals surface area (Å²) in [7, 11) is 0. The summed E-state index contributed by atoms with van der Waals surface area (Å²) in [6.07, 6.45) is 8.22. The van der Waals surface area contributed by atoms with Gasteiger partial charge in [0.25, 0.3) is 5.91 Å². The van der Waals surface area contributed by atoms with Gasteiger partial charge in [0.15, 0.2) is 0 Å². The molecule has 1 aliphatic rings. The summed E-state index contributed by atoms with van der Waals surface area (Å²) in [5, 5.41) is 16.0. The van der Waals surface area contributed by atoms with Crippen molar-refractivity contribution in [3.8, 4) is 0 Å². The van der Waals surface area contributed by atoms with E-state index in [4.69, 9.17) is 4.98 Å². The Morgan fingerprint density at radius 2 is 1.89 bits per heavy atom. The Hall–Kier alpha value is -3.68. The lowest BCUT2D eigenvalue weighted by atomic mass is 9.95. The maximum atomic E-state index is 12.9. The van der Waals surface area contributed by atoms with Crippen LogP contribution in [0.2, 0.25) is 0 Å². The number of aryl methyl sites for hydroxylation is 4. The molecule has 2 amide bonds. The number of aromatic nitrogens is 2. The van der Waals surface area contributed by atoms with Crippen LogP contribution in [-0.2, 0) is 35.3 Å². The number of carbonyl (C=O) groups is 3. The number of aromatic amines is 1. The molecule has 1 atom stereocenters. The lowest BCUT2D eigenvalue weighted by molar-refractivity contribution is -0.139. The number of rotatable bonds is 12. The Bertz CT molecular complexity index is 1270. The van der Waals surface area contributed by atoms with Crippen LogP contribution in [-0.4, -0.2) is 45.4 Å². The minimum atomic E-state index is -1.13. The molecule has 0 saturated heterocycles. The number of aliphatic carboxylic acids is 1. The van der Waals surface area contributed by atoms with Crippen molar-refractivity contribution in [1.29, 1.82) is 0 Å². The largest absolute Gasteiger partial charge is 0.480 e. The molecule has 4 N–H and O–H groups in total. The van der Waals surface area contributed by atoms with E-state index in [0.717, 1.165) is 54.3 Å². The van der Waals surface area contributed by atoms with Crippen molar-refractivity contribution in [1.82, 2.24) is 20.6 Å². The van der Waals surface area contributed by atoms with E-state index in [2.05, 4.69) is 27.8 Å². The number of amides is 2. The van der Waals surface area contributed by atoms with E-state index in [1.54, 1.807) is 0 Å². The first kappa shape index (κ1) is 26.4. The molecule has 0 aliphatic heterocycles. The summed E-state index contributed by atoms with van der Waals surface area (Å²) in [6, 6.07) is 10.8. The van der Waals surface area contributed by atoms with Crippen molar-refractivity contribution in [3.63, 3.8) is 0 Å². The molecule has 1 aliphatic carbocycles. The standard InChI is InChI=1S/C29H36N4O4/c1-2-21-22-11-5-7-13-24(22)32-27(21)28(35)33-25(29(36)37)17-18-30-26(34)14-8-4-10-20-16-15-19-9-3-6-12-23(19)31-20/h5,7,11,13,15-16,25,32H,2-4,6,8-10,12,14,17-18H2,1H3,(H,30,34)(H,33,35)(H,36,37). The molecule has 4 rings (SSSR count). The fraction of sp³-hybridized carbons (Fsp3) is 0.448. The van der Waals surface area contributed by atoms with Crippen molar-refractivity contribution in [2.45, 2.75) is 77.2 Å². The number of nitrogens with one attached hydrogen (secondary N) is 3. The zero-order valence-corrected chi connectivity index (χ0v) is 21.4. The highest BCUT2D eigenvalue weighted by Gasteiger charge is 2.24. The van der Waals surface area contributed by atoms with Crippen LogP contribution in [0.3, 0.4) is 0 Å². The number of carboxylic acid groups (broad SMARTS) is 1. The van der Waals surface area contributed by atoms with Gasteiger partial charge in [0.05, 0.1) is 0 Å². The van der Waals surface area contributed by atoms with Gasteiger partial charge < -0.3 is 20.7 Å². The number of unbranched alkanes of at least 4 members (excludes halogenated alkanes) is 1. The van der Waals surface area contributed by atoms with Crippen molar-refractivity contribution in [3.05, 3.63) is 64.6 Å². The number of hydrogen-bond acceptors (Lipinski definition) is 4. The first-order valence-corrected chi connectivity index (χ1v) is 13.3. The van der Waals surface area contributed by atoms with Gasteiger partial charge in [-0.1, -0.05) is 31.2 Å². The van der Waals surface area contributed by atoms with Crippen molar-refractivity contribution in [2.75, 3.05) is 6.54 Å². The van der Waals surface area contributed by atoms with Crippen LogP contribution < -0.4 is 10.6 Å². The number of pyridine rings is 1. The van der Waals surface area contributed by atoms with Gasteiger partial charge in [-0.3, -0.25) is 14.6 Å². The summed E-state index contributed by atoms with van der Waals surface area (Å²) in [6.45, 7) is 2.13. The van der Waals surface area contributed by atoms with Crippen LogP contribution >= 0.6 is 0 Å². The number of fused-ring (bicyclic) bond motifs is 2. The van der Waals surface area contributed by atoms with Gasteiger partial charge in [-0.15, -0.1) is 0 Å². The average Bonchev–Trinajstić information content (AvgIpc) is 3.29. The molecule has 1 aromatic carbocycles. The third-order valence-corrected chi connectivity index (χ3v) is 7.08. The van der Waals surface area contributed by atoms with Crippen LogP contribution in [0, 0.1) is 0 Å². The van der Waals surface area contributed by atoms with Gasteiger partial charge in [0.2, 0.25) is 5.91 Å². The zero-order chi connectivity index (χ0) is 26.2. The molecule has 3 aromatic rings. The highest BCUT2D eigenvalue weighted by Crippen LogP contribution is 2.23. The van der Waals surface area contributed by atoms with Crippen LogP contribution in [0.15, 0.2) is 36.4 Å². The van der Waals surface area contributed by atoms with E-state index in [-0.39, 0.29) is 18.9 Å². The van der Waals surface area contributed by atoms with E-state index < -0.39 is 17.9 Å². The van der Waals surface area contributed by atoms with Gasteiger partial charge >= 0.3 is 5.97 Å². The second-order valence-corrected chi connectivity index (χ2v) is 9.70. The van der Waals surface area contributed by atoms with E-state index in [9.17, 15) is 19.5 Å². The van der Waals surface area contributed by atoms with Crippen LogP contribution in [0.5, 0.6) is 0 Å². The second kappa shape index (κ2) is 12.5. The fourth-order valence-corrected chi connectivity index (χ4v) is 5.05. The summed E-state index contributed by atoms with van der Waals surface area (Å²) < 4.78 is 0. The summed E-state index contributed by atoms with van der Waals surface area (Å²) in [4.78, 5) is 44.8. The minimum Gasteiger partial charge on any atom is -0.480 e. The second-order valence-electron chi connectivity index (χ2n) is 9.70. The van der Waals surface area contributed by atoms with E-state index in [1.165, 1.54) is 24.1 Å². The molecule has 1 unspecified atom stereocenters.